The number of benzene rings is 2. The number of rotatable bonds is 3. The van der Waals surface area contributed by atoms with E-state index in [1.807, 2.05) is 0 Å². The van der Waals surface area contributed by atoms with Crippen LogP contribution in [0.15, 0.2) is 36.4 Å². The second kappa shape index (κ2) is 6.40. The summed E-state index contributed by atoms with van der Waals surface area (Å²) in [4.78, 5) is 23.1. The molecule has 4 N–H and O–H groups in total. The zero-order chi connectivity index (χ0) is 16.3. The second-order valence-corrected chi connectivity index (χ2v) is 4.73. The van der Waals surface area contributed by atoms with Crippen molar-refractivity contribution in [3.05, 3.63) is 58.6 Å². The highest BCUT2D eigenvalue weighted by Crippen LogP contribution is 2.21. The van der Waals surface area contributed by atoms with Crippen LogP contribution < -0.4 is 16.4 Å². The van der Waals surface area contributed by atoms with Crippen LogP contribution in [0.3, 0.4) is 0 Å². The van der Waals surface area contributed by atoms with Gasteiger partial charge in [0.2, 0.25) is 0 Å². The van der Waals surface area contributed by atoms with E-state index in [2.05, 4.69) is 10.6 Å². The van der Waals surface area contributed by atoms with Crippen LogP contribution in [0.5, 0.6) is 0 Å². The van der Waals surface area contributed by atoms with Gasteiger partial charge in [-0.3, -0.25) is 4.79 Å². The smallest absolute Gasteiger partial charge is 0.323 e. The zero-order valence-electron chi connectivity index (χ0n) is 11.0. The number of nitrogens with two attached hydrogens (primary N) is 1. The second-order valence-electron chi connectivity index (χ2n) is 4.29. The summed E-state index contributed by atoms with van der Waals surface area (Å²) in [7, 11) is 0. The van der Waals surface area contributed by atoms with E-state index in [0.29, 0.717) is 6.07 Å². The van der Waals surface area contributed by atoms with Gasteiger partial charge in [-0.1, -0.05) is 11.6 Å². The van der Waals surface area contributed by atoms with Gasteiger partial charge >= 0.3 is 6.03 Å². The Hall–Kier alpha value is -2.67. The molecule has 2 rings (SSSR count). The van der Waals surface area contributed by atoms with Crippen LogP contribution in [0.2, 0.25) is 5.02 Å². The van der Waals surface area contributed by atoms with Crippen molar-refractivity contribution in [3.63, 3.8) is 0 Å². The van der Waals surface area contributed by atoms with Gasteiger partial charge in [0.1, 0.15) is 11.6 Å². The number of urea groups is 1. The number of primary amides is 1. The van der Waals surface area contributed by atoms with Gasteiger partial charge in [0.15, 0.2) is 0 Å². The van der Waals surface area contributed by atoms with Gasteiger partial charge in [0.25, 0.3) is 5.91 Å². The lowest BCUT2D eigenvalue weighted by atomic mass is 10.1. The van der Waals surface area contributed by atoms with E-state index in [9.17, 15) is 18.4 Å². The summed E-state index contributed by atoms with van der Waals surface area (Å²) >= 11 is 5.78. The normalized spacial score (nSPS) is 10.1. The van der Waals surface area contributed by atoms with Crippen LogP contribution >= 0.6 is 11.6 Å². The molecule has 3 amide bonds. The molecule has 0 saturated carbocycles. The first kappa shape index (κ1) is 15.7. The Morgan fingerprint density at radius 1 is 1.00 bits per heavy atom. The molecule has 2 aromatic carbocycles. The molecule has 0 fully saturated rings. The van der Waals surface area contributed by atoms with Gasteiger partial charge in [0.05, 0.1) is 11.3 Å². The standard InChI is InChI=1S/C14H10ClF2N3O2/c15-7-1-2-11(13(18)21)12(3-7)20-14(22)19-10-5-8(16)4-9(17)6-10/h1-6H,(H2,18,21)(H2,19,20,22). The fourth-order valence-electron chi connectivity index (χ4n) is 1.75. The molecule has 0 aliphatic heterocycles. The maximum absolute atomic E-state index is 13.0. The summed E-state index contributed by atoms with van der Waals surface area (Å²) in [5.41, 5.74) is 5.22. The number of hydrogen-bond donors (Lipinski definition) is 3. The predicted octanol–water partition coefficient (Wildman–Crippen LogP) is 3.36. The summed E-state index contributed by atoms with van der Waals surface area (Å²) in [6.07, 6.45) is 0. The van der Waals surface area contributed by atoms with Crippen molar-refractivity contribution < 1.29 is 18.4 Å². The predicted molar refractivity (Wildman–Crippen MR) is 79.0 cm³/mol. The molecule has 2 aromatic rings. The lowest BCUT2D eigenvalue weighted by molar-refractivity contribution is 0.100. The first-order valence-electron chi connectivity index (χ1n) is 5.98. The molecule has 0 aliphatic carbocycles. The van der Waals surface area contributed by atoms with Crippen LogP contribution in [0, 0.1) is 11.6 Å². The molecule has 114 valence electrons. The molecule has 22 heavy (non-hydrogen) atoms. The third-order valence-electron chi connectivity index (χ3n) is 2.62. The Bertz CT molecular complexity index is 733. The Morgan fingerprint density at radius 3 is 2.23 bits per heavy atom. The highest BCUT2D eigenvalue weighted by Gasteiger charge is 2.12. The van der Waals surface area contributed by atoms with Crippen molar-refractivity contribution in [2.24, 2.45) is 5.73 Å². The summed E-state index contributed by atoms with van der Waals surface area (Å²) < 4.78 is 26.1. The van der Waals surface area contributed by atoms with Crippen LogP contribution in [-0.4, -0.2) is 11.9 Å². The van der Waals surface area contributed by atoms with Crippen molar-refractivity contribution in [3.8, 4) is 0 Å². The van der Waals surface area contributed by atoms with Gasteiger partial charge in [-0.2, -0.15) is 0 Å². The minimum atomic E-state index is -0.837. The first-order chi connectivity index (χ1) is 10.3. The zero-order valence-corrected chi connectivity index (χ0v) is 11.7. The minimum absolute atomic E-state index is 0.0463. The van der Waals surface area contributed by atoms with Gasteiger partial charge in [-0.15, -0.1) is 0 Å². The quantitative estimate of drug-likeness (QED) is 0.808. The third-order valence-corrected chi connectivity index (χ3v) is 2.85. The van der Waals surface area contributed by atoms with Crippen molar-refractivity contribution in [1.29, 1.82) is 0 Å². The number of carbonyl (C=O) groups is 2. The lowest BCUT2D eigenvalue weighted by Crippen LogP contribution is -2.22. The van der Waals surface area contributed by atoms with E-state index in [1.54, 1.807) is 0 Å². The fourth-order valence-corrected chi connectivity index (χ4v) is 1.92. The summed E-state index contributed by atoms with van der Waals surface area (Å²) in [6.45, 7) is 0. The van der Waals surface area contributed by atoms with Crippen molar-refractivity contribution >= 4 is 34.9 Å². The number of anilines is 2. The molecule has 0 bridgehead atoms. The van der Waals surface area contributed by atoms with Gasteiger partial charge in [-0.05, 0) is 30.3 Å². The van der Waals surface area contributed by atoms with Gasteiger partial charge < -0.3 is 16.4 Å². The van der Waals surface area contributed by atoms with Gasteiger partial charge in [-0.25, -0.2) is 13.6 Å². The maximum Gasteiger partial charge on any atom is 0.323 e. The highest BCUT2D eigenvalue weighted by atomic mass is 35.5. The molecule has 0 atom stereocenters. The Labute approximate surface area is 129 Å². The van der Waals surface area contributed by atoms with E-state index < -0.39 is 23.6 Å². The van der Waals surface area contributed by atoms with Crippen LogP contribution in [0.1, 0.15) is 10.4 Å². The van der Waals surface area contributed by atoms with E-state index in [-0.39, 0.29) is 22.0 Å². The highest BCUT2D eigenvalue weighted by molar-refractivity contribution is 6.31. The number of hydrogen-bond acceptors (Lipinski definition) is 2. The SMILES string of the molecule is NC(=O)c1ccc(Cl)cc1NC(=O)Nc1cc(F)cc(F)c1. The number of nitrogens with one attached hydrogen (secondary N) is 2. The molecule has 0 heterocycles. The fraction of sp³-hybridized carbons (Fsp3) is 0. The summed E-state index contributed by atoms with van der Waals surface area (Å²) in [5, 5.41) is 4.85. The molecular formula is C14H10ClF2N3O2. The van der Waals surface area contributed by atoms with E-state index in [1.165, 1.54) is 18.2 Å². The van der Waals surface area contributed by atoms with Crippen molar-refractivity contribution in [2.45, 2.75) is 0 Å². The molecular weight excluding hydrogens is 316 g/mol. The lowest BCUT2D eigenvalue weighted by Gasteiger charge is -2.11. The topological polar surface area (TPSA) is 84.2 Å². The Balaban J connectivity index is 2.18. The monoisotopic (exact) mass is 325 g/mol. The van der Waals surface area contributed by atoms with E-state index >= 15 is 0 Å². The molecule has 0 spiro atoms. The largest absolute Gasteiger partial charge is 0.366 e. The minimum Gasteiger partial charge on any atom is -0.366 e. The molecule has 5 nitrogen and oxygen atoms in total. The van der Waals surface area contributed by atoms with Crippen molar-refractivity contribution in [2.75, 3.05) is 10.6 Å². The summed E-state index contributed by atoms with van der Waals surface area (Å²) in [5.74, 6) is -2.43. The molecule has 0 radical (unpaired) electrons. The molecule has 0 saturated heterocycles. The summed E-state index contributed by atoms with van der Waals surface area (Å²) in [6, 6.07) is 5.85. The number of amides is 3. The number of halogens is 3. The average molecular weight is 326 g/mol. The Kier molecular flexibility index (Phi) is 4.57. The van der Waals surface area contributed by atoms with Crippen molar-refractivity contribution in [1.82, 2.24) is 0 Å². The number of carbonyl (C=O) groups excluding carboxylic acids is 2. The Morgan fingerprint density at radius 2 is 1.64 bits per heavy atom. The molecule has 8 heteroatoms. The maximum atomic E-state index is 13.0. The molecule has 0 aromatic heterocycles. The van der Waals surface area contributed by atoms with Gasteiger partial charge in [0, 0.05) is 16.8 Å². The van der Waals surface area contributed by atoms with Crippen LogP contribution in [-0.2, 0) is 0 Å². The van der Waals surface area contributed by atoms with E-state index in [4.69, 9.17) is 17.3 Å². The molecule has 0 unspecified atom stereocenters. The first-order valence-corrected chi connectivity index (χ1v) is 6.36. The van der Waals surface area contributed by atoms with Crippen LogP contribution in [0.25, 0.3) is 0 Å². The molecule has 0 aliphatic rings. The average Bonchev–Trinajstić information content (AvgIpc) is 2.36. The van der Waals surface area contributed by atoms with E-state index in [0.717, 1.165) is 12.1 Å². The van der Waals surface area contributed by atoms with Crippen LogP contribution in [0.4, 0.5) is 25.0 Å². The third kappa shape index (κ3) is 3.92.